The number of nitro groups is 2. The Labute approximate surface area is 132 Å². The van der Waals surface area contributed by atoms with E-state index >= 15 is 0 Å². The van der Waals surface area contributed by atoms with E-state index in [-0.39, 0.29) is 28.6 Å². The van der Waals surface area contributed by atoms with Gasteiger partial charge in [-0.1, -0.05) is 15.9 Å². The Morgan fingerprint density at radius 3 is 2.05 bits per heavy atom. The summed E-state index contributed by atoms with van der Waals surface area (Å²) in [5, 5.41) is 22.1. The Kier molecular flexibility index (Phi) is 4.56. The quantitative estimate of drug-likeness (QED) is 0.581. The van der Waals surface area contributed by atoms with Crippen molar-refractivity contribution in [2.24, 2.45) is 0 Å². The lowest BCUT2D eigenvalue weighted by Crippen LogP contribution is -1.97. The molecule has 0 heterocycles. The molecule has 2 rings (SSSR count). The van der Waals surface area contributed by atoms with Crippen LogP contribution in [0.15, 0.2) is 40.9 Å². The normalized spacial score (nSPS) is 10.1. The highest BCUT2D eigenvalue weighted by Gasteiger charge is 2.22. The van der Waals surface area contributed by atoms with Gasteiger partial charge in [-0.05, 0) is 24.3 Å². The van der Waals surface area contributed by atoms with Gasteiger partial charge in [0.2, 0.25) is 11.5 Å². The highest BCUT2D eigenvalue weighted by atomic mass is 79.9. The van der Waals surface area contributed by atoms with E-state index < -0.39 is 9.85 Å². The van der Waals surface area contributed by atoms with Crippen LogP contribution in [-0.4, -0.2) is 17.0 Å². The van der Waals surface area contributed by atoms with Crippen molar-refractivity contribution in [1.29, 1.82) is 0 Å². The number of ether oxygens (including phenoxy) is 2. The number of nitrogens with zero attached hydrogens (tertiary/aromatic N) is 2. The standard InChI is InChI=1S/C13H9BrN2O6/c1-21-9-3-5-13(11(7-9)16(19)20)22-12-4-2-8(14)6-10(12)15(17)18/h2-7H,1H3. The molecule has 9 heteroatoms. The van der Waals surface area contributed by atoms with Gasteiger partial charge in [-0.2, -0.15) is 0 Å². The first-order valence-electron chi connectivity index (χ1n) is 5.86. The van der Waals surface area contributed by atoms with Crippen LogP contribution in [0.3, 0.4) is 0 Å². The lowest BCUT2D eigenvalue weighted by atomic mass is 10.2. The van der Waals surface area contributed by atoms with Crippen LogP contribution in [0.2, 0.25) is 0 Å². The van der Waals surface area contributed by atoms with Crippen LogP contribution < -0.4 is 9.47 Å². The number of hydrogen-bond donors (Lipinski definition) is 0. The summed E-state index contributed by atoms with van der Waals surface area (Å²) in [6, 6.07) is 8.12. The fourth-order valence-electron chi connectivity index (χ4n) is 1.69. The summed E-state index contributed by atoms with van der Waals surface area (Å²) in [6.45, 7) is 0. The van der Waals surface area contributed by atoms with E-state index in [9.17, 15) is 20.2 Å². The molecule has 114 valence electrons. The summed E-state index contributed by atoms with van der Waals surface area (Å²) in [5.74, 6) is 0.0713. The van der Waals surface area contributed by atoms with Crippen molar-refractivity contribution < 1.29 is 19.3 Å². The predicted octanol–water partition coefficient (Wildman–Crippen LogP) is 4.07. The van der Waals surface area contributed by atoms with E-state index in [0.29, 0.717) is 4.47 Å². The molecular weight excluding hydrogens is 360 g/mol. The van der Waals surface area contributed by atoms with Crippen molar-refractivity contribution in [3.8, 4) is 17.2 Å². The van der Waals surface area contributed by atoms with Gasteiger partial charge in [-0.25, -0.2) is 0 Å². The molecule has 2 aromatic rings. The van der Waals surface area contributed by atoms with Gasteiger partial charge in [-0.3, -0.25) is 20.2 Å². The van der Waals surface area contributed by atoms with E-state index in [2.05, 4.69) is 15.9 Å². The van der Waals surface area contributed by atoms with Gasteiger partial charge in [0.25, 0.3) is 0 Å². The van der Waals surface area contributed by atoms with Gasteiger partial charge >= 0.3 is 11.4 Å². The number of halogens is 1. The molecule has 0 fully saturated rings. The third kappa shape index (κ3) is 3.31. The minimum absolute atomic E-state index is 0.0959. The van der Waals surface area contributed by atoms with Gasteiger partial charge in [0.1, 0.15) is 5.75 Å². The summed E-state index contributed by atoms with van der Waals surface area (Å²) in [7, 11) is 1.37. The molecule has 0 spiro atoms. The molecule has 0 aliphatic heterocycles. The monoisotopic (exact) mass is 368 g/mol. The number of rotatable bonds is 5. The molecule has 0 saturated carbocycles. The Bertz CT molecular complexity index is 749. The molecule has 0 saturated heterocycles. The van der Waals surface area contributed by atoms with Crippen molar-refractivity contribution in [1.82, 2.24) is 0 Å². The molecule has 0 N–H and O–H groups in total. The third-order valence-electron chi connectivity index (χ3n) is 2.70. The van der Waals surface area contributed by atoms with Gasteiger partial charge in [0.05, 0.1) is 23.0 Å². The molecule has 0 aliphatic carbocycles. The average molecular weight is 369 g/mol. The fourth-order valence-corrected chi connectivity index (χ4v) is 2.04. The topological polar surface area (TPSA) is 105 Å². The SMILES string of the molecule is COc1ccc(Oc2ccc(Br)cc2[N+](=O)[O-])c([N+](=O)[O-])c1. The molecule has 8 nitrogen and oxygen atoms in total. The van der Waals surface area contributed by atoms with E-state index in [1.165, 1.54) is 43.5 Å². The molecule has 0 aromatic heterocycles. The molecule has 2 aromatic carbocycles. The Morgan fingerprint density at radius 2 is 1.50 bits per heavy atom. The molecule has 0 amide bonds. The maximum absolute atomic E-state index is 11.1. The molecular formula is C13H9BrN2O6. The lowest BCUT2D eigenvalue weighted by molar-refractivity contribution is -0.387. The van der Waals surface area contributed by atoms with Crippen molar-refractivity contribution in [2.45, 2.75) is 0 Å². The maximum atomic E-state index is 11.1. The zero-order valence-corrected chi connectivity index (χ0v) is 12.8. The zero-order chi connectivity index (χ0) is 16.3. The van der Waals surface area contributed by atoms with Gasteiger partial charge in [-0.15, -0.1) is 0 Å². The second-order valence-electron chi connectivity index (χ2n) is 4.06. The summed E-state index contributed by atoms with van der Waals surface area (Å²) >= 11 is 3.12. The molecule has 0 aliphatic rings. The van der Waals surface area contributed by atoms with Crippen LogP contribution in [0, 0.1) is 20.2 Å². The average Bonchev–Trinajstić information content (AvgIpc) is 2.49. The summed E-state index contributed by atoms with van der Waals surface area (Å²) in [5.41, 5.74) is -0.656. The van der Waals surface area contributed by atoms with Crippen LogP contribution in [-0.2, 0) is 0 Å². The van der Waals surface area contributed by atoms with Crippen LogP contribution in [0.5, 0.6) is 17.2 Å². The van der Waals surface area contributed by atoms with E-state index in [0.717, 1.165) is 0 Å². The largest absolute Gasteiger partial charge is 0.496 e. The second kappa shape index (κ2) is 6.39. The van der Waals surface area contributed by atoms with Gasteiger partial charge < -0.3 is 9.47 Å². The van der Waals surface area contributed by atoms with Crippen LogP contribution in [0.4, 0.5) is 11.4 Å². The molecule has 0 atom stereocenters. The van der Waals surface area contributed by atoms with Crippen molar-refractivity contribution in [2.75, 3.05) is 7.11 Å². The highest BCUT2D eigenvalue weighted by Crippen LogP contribution is 2.38. The summed E-state index contributed by atoms with van der Waals surface area (Å²) in [4.78, 5) is 20.8. The molecule has 0 unspecified atom stereocenters. The first-order valence-corrected chi connectivity index (χ1v) is 6.66. The summed E-state index contributed by atoms with van der Waals surface area (Å²) in [6.07, 6.45) is 0. The fraction of sp³-hybridized carbons (Fsp3) is 0.0769. The minimum Gasteiger partial charge on any atom is -0.496 e. The Morgan fingerprint density at radius 1 is 0.955 bits per heavy atom. The second-order valence-corrected chi connectivity index (χ2v) is 4.98. The van der Waals surface area contributed by atoms with E-state index in [1.54, 1.807) is 0 Å². The number of hydrogen-bond acceptors (Lipinski definition) is 6. The smallest absolute Gasteiger partial charge is 0.315 e. The minimum atomic E-state index is -0.650. The van der Waals surface area contributed by atoms with Crippen LogP contribution >= 0.6 is 15.9 Å². The van der Waals surface area contributed by atoms with Crippen molar-refractivity contribution in [3.63, 3.8) is 0 Å². The Balaban J connectivity index is 2.47. The first kappa shape index (κ1) is 15.7. The Hall–Kier alpha value is -2.68. The van der Waals surface area contributed by atoms with E-state index in [4.69, 9.17) is 9.47 Å². The number of methoxy groups -OCH3 is 1. The number of nitro benzene ring substituents is 2. The van der Waals surface area contributed by atoms with Crippen LogP contribution in [0.1, 0.15) is 0 Å². The zero-order valence-electron chi connectivity index (χ0n) is 11.2. The third-order valence-corrected chi connectivity index (χ3v) is 3.19. The van der Waals surface area contributed by atoms with Gasteiger partial charge in [0, 0.05) is 10.5 Å². The van der Waals surface area contributed by atoms with Crippen LogP contribution in [0.25, 0.3) is 0 Å². The predicted molar refractivity (Wildman–Crippen MR) is 80.5 cm³/mol. The van der Waals surface area contributed by atoms with Crippen molar-refractivity contribution in [3.05, 3.63) is 61.1 Å². The number of benzene rings is 2. The van der Waals surface area contributed by atoms with Gasteiger partial charge in [0.15, 0.2) is 0 Å². The van der Waals surface area contributed by atoms with Crippen molar-refractivity contribution >= 4 is 27.3 Å². The van der Waals surface area contributed by atoms with E-state index in [1.807, 2.05) is 0 Å². The molecule has 0 radical (unpaired) electrons. The maximum Gasteiger partial charge on any atom is 0.315 e. The molecule has 0 bridgehead atoms. The molecule has 22 heavy (non-hydrogen) atoms. The highest BCUT2D eigenvalue weighted by molar-refractivity contribution is 9.10. The first-order chi connectivity index (χ1) is 10.4. The summed E-state index contributed by atoms with van der Waals surface area (Å²) < 4.78 is 10.8. The lowest BCUT2D eigenvalue weighted by Gasteiger charge is -2.08.